The number of benzene rings is 2. The van der Waals surface area contributed by atoms with Crippen molar-refractivity contribution < 1.29 is 4.79 Å². The van der Waals surface area contributed by atoms with Crippen molar-refractivity contribution in [2.75, 3.05) is 0 Å². The molecular formula is C17H16O. The molecule has 0 amide bonds. The van der Waals surface area contributed by atoms with E-state index in [1.54, 1.807) is 0 Å². The van der Waals surface area contributed by atoms with Gasteiger partial charge in [-0.3, -0.25) is 4.79 Å². The summed E-state index contributed by atoms with van der Waals surface area (Å²) in [5, 5.41) is 0. The summed E-state index contributed by atoms with van der Waals surface area (Å²) in [5.74, 6) is 0.185. The lowest BCUT2D eigenvalue weighted by Gasteiger charge is -2.19. The monoisotopic (exact) mass is 236 g/mol. The van der Waals surface area contributed by atoms with E-state index in [0.717, 1.165) is 36.0 Å². The Morgan fingerprint density at radius 1 is 1.00 bits per heavy atom. The fourth-order valence-corrected chi connectivity index (χ4v) is 2.68. The van der Waals surface area contributed by atoms with Crippen molar-refractivity contribution in [1.29, 1.82) is 0 Å². The molecule has 90 valence electrons. The van der Waals surface area contributed by atoms with Crippen molar-refractivity contribution in [2.45, 2.75) is 26.2 Å². The van der Waals surface area contributed by atoms with Gasteiger partial charge in [-0.1, -0.05) is 49.7 Å². The number of hydrogen-bond acceptors (Lipinski definition) is 1. The summed E-state index contributed by atoms with van der Waals surface area (Å²) in [4.78, 5) is 12.5. The van der Waals surface area contributed by atoms with E-state index in [0.29, 0.717) is 0 Å². The van der Waals surface area contributed by atoms with E-state index in [-0.39, 0.29) is 5.78 Å². The van der Waals surface area contributed by atoms with Gasteiger partial charge in [0.2, 0.25) is 0 Å². The SMILES string of the molecule is CCCc1ccc2c(c1)C(=O)c1ccccc1C2. The van der Waals surface area contributed by atoms with Crippen LogP contribution in [0, 0.1) is 0 Å². The molecule has 0 fully saturated rings. The summed E-state index contributed by atoms with van der Waals surface area (Å²) in [6, 6.07) is 14.3. The Balaban J connectivity index is 2.08. The Bertz CT molecular complexity index is 611. The molecule has 2 aromatic carbocycles. The highest BCUT2D eigenvalue weighted by Gasteiger charge is 2.22. The van der Waals surface area contributed by atoms with E-state index in [1.807, 2.05) is 18.2 Å². The highest BCUT2D eigenvalue weighted by Crippen LogP contribution is 2.27. The summed E-state index contributed by atoms with van der Waals surface area (Å²) in [7, 11) is 0. The van der Waals surface area contributed by atoms with E-state index >= 15 is 0 Å². The molecule has 0 saturated heterocycles. The molecule has 0 spiro atoms. The quantitative estimate of drug-likeness (QED) is 0.662. The first-order chi connectivity index (χ1) is 8.79. The molecule has 0 saturated carbocycles. The molecule has 1 aliphatic carbocycles. The van der Waals surface area contributed by atoms with Crippen LogP contribution in [0.4, 0.5) is 0 Å². The fraction of sp³-hybridized carbons (Fsp3) is 0.235. The number of carbonyl (C=O) groups excluding carboxylic acids is 1. The third-order valence-electron chi connectivity index (χ3n) is 3.60. The van der Waals surface area contributed by atoms with Crippen LogP contribution in [0.15, 0.2) is 42.5 Å². The highest BCUT2D eigenvalue weighted by molar-refractivity contribution is 6.12. The van der Waals surface area contributed by atoms with Gasteiger partial charge in [0.05, 0.1) is 0 Å². The standard InChI is InChI=1S/C17H16O/c1-2-5-12-8-9-14-11-13-6-3-4-7-15(13)17(18)16(14)10-12/h3-4,6-10H,2,5,11H2,1H3. The second-order valence-corrected chi connectivity index (χ2v) is 4.90. The molecule has 3 rings (SSSR count). The third kappa shape index (κ3) is 1.76. The van der Waals surface area contributed by atoms with Gasteiger partial charge in [-0.15, -0.1) is 0 Å². The lowest BCUT2D eigenvalue weighted by molar-refractivity contribution is 0.103. The molecule has 0 bridgehead atoms. The molecule has 1 heteroatoms. The number of rotatable bonds is 2. The summed E-state index contributed by atoms with van der Waals surface area (Å²) in [5.41, 5.74) is 5.36. The Hall–Kier alpha value is -1.89. The molecule has 18 heavy (non-hydrogen) atoms. The Kier molecular flexibility index (Phi) is 2.75. The first-order valence-electron chi connectivity index (χ1n) is 6.54. The zero-order valence-corrected chi connectivity index (χ0v) is 10.6. The van der Waals surface area contributed by atoms with Crippen LogP contribution in [0.5, 0.6) is 0 Å². The second kappa shape index (κ2) is 4.41. The van der Waals surface area contributed by atoms with Gasteiger partial charge in [0.15, 0.2) is 5.78 Å². The summed E-state index contributed by atoms with van der Waals surface area (Å²) < 4.78 is 0. The molecule has 0 unspecified atom stereocenters. The van der Waals surface area contributed by atoms with E-state index in [1.165, 1.54) is 11.1 Å². The van der Waals surface area contributed by atoms with Crippen molar-refractivity contribution in [3.8, 4) is 0 Å². The largest absolute Gasteiger partial charge is 0.289 e. The minimum atomic E-state index is 0.185. The average molecular weight is 236 g/mol. The topological polar surface area (TPSA) is 17.1 Å². The predicted octanol–water partition coefficient (Wildman–Crippen LogP) is 3.77. The summed E-state index contributed by atoms with van der Waals surface area (Å²) in [6.45, 7) is 2.16. The molecule has 0 N–H and O–H groups in total. The molecule has 2 aromatic rings. The van der Waals surface area contributed by atoms with Gasteiger partial charge in [0.1, 0.15) is 0 Å². The molecule has 0 heterocycles. The van der Waals surface area contributed by atoms with Crippen molar-refractivity contribution in [2.24, 2.45) is 0 Å². The predicted molar refractivity (Wildman–Crippen MR) is 73.1 cm³/mol. The number of hydrogen-bond donors (Lipinski definition) is 0. The molecule has 1 nitrogen and oxygen atoms in total. The van der Waals surface area contributed by atoms with Crippen LogP contribution in [0.25, 0.3) is 0 Å². The van der Waals surface area contributed by atoms with Gasteiger partial charge in [-0.25, -0.2) is 0 Å². The maximum absolute atomic E-state index is 12.5. The maximum Gasteiger partial charge on any atom is 0.193 e. The molecular weight excluding hydrogens is 220 g/mol. The van der Waals surface area contributed by atoms with Gasteiger partial charge >= 0.3 is 0 Å². The Morgan fingerprint density at radius 2 is 1.78 bits per heavy atom. The minimum absolute atomic E-state index is 0.185. The number of ketones is 1. The van der Waals surface area contributed by atoms with Crippen LogP contribution in [0.3, 0.4) is 0 Å². The van der Waals surface area contributed by atoms with Gasteiger partial charge in [-0.2, -0.15) is 0 Å². The molecule has 1 aliphatic rings. The smallest absolute Gasteiger partial charge is 0.193 e. The van der Waals surface area contributed by atoms with Crippen molar-refractivity contribution in [3.05, 3.63) is 70.3 Å². The van der Waals surface area contributed by atoms with Gasteiger partial charge < -0.3 is 0 Å². The molecule has 0 radical (unpaired) electrons. The maximum atomic E-state index is 12.5. The highest BCUT2D eigenvalue weighted by atomic mass is 16.1. The van der Waals surface area contributed by atoms with Crippen LogP contribution >= 0.6 is 0 Å². The zero-order valence-electron chi connectivity index (χ0n) is 10.6. The minimum Gasteiger partial charge on any atom is -0.289 e. The van der Waals surface area contributed by atoms with Gasteiger partial charge in [0.25, 0.3) is 0 Å². The normalized spacial score (nSPS) is 13.1. The molecule has 0 atom stereocenters. The second-order valence-electron chi connectivity index (χ2n) is 4.90. The van der Waals surface area contributed by atoms with Crippen molar-refractivity contribution >= 4 is 5.78 Å². The van der Waals surface area contributed by atoms with E-state index in [4.69, 9.17) is 0 Å². The van der Waals surface area contributed by atoms with Crippen LogP contribution in [-0.4, -0.2) is 5.78 Å². The first-order valence-corrected chi connectivity index (χ1v) is 6.54. The van der Waals surface area contributed by atoms with Crippen LogP contribution in [0.2, 0.25) is 0 Å². The number of fused-ring (bicyclic) bond motifs is 2. The Labute approximate surface area is 107 Å². The average Bonchev–Trinajstić information content (AvgIpc) is 2.40. The van der Waals surface area contributed by atoms with E-state index in [2.05, 4.69) is 31.2 Å². The Morgan fingerprint density at radius 3 is 2.61 bits per heavy atom. The first kappa shape index (κ1) is 11.2. The fourth-order valence-electron chi connectivity index (χ4n) is 2.68. The van der Waals surface area contributed by atoms with Crippen molar-refractivity contribution in [3.63, 3.8) is 0 Å². The van der Waals surface area contributed by atoms with Gasteiger partial charge in [0, 0.05) is 11.1 Å². The van der Waals surface area contributed by atoms with Crippen molar-refractivity contribution in [1.82, 2.24) is 0 Å². The van der Waals surface area contributed by atoms with Crippen LogP contribution in [-0.2, 0) is 12.8 Å². The van der Waals surface area contributed by atoms with E-state index in [9.17, 15) is 4.79 Å². The van der Waals surface area contributed by atoms with Gasteiger partial charge in [-0.05, 0) is 35.6 Å². The van der Waals surface area contributed by atoms with E-state index < -0.39 is 0 Å². The van der Waals surface area contributed by atoms with Crippen LogP contribution < -0.4 is 0 Å². The lowest BCUT2D eigenvalue weighted by atomic mass is 9.84. The number of carbonyl (C=O) groups is 1. The third-order valence-corrected chi connectivity index (χ3v) is 3.60. The van der Waals surface area contributed by atoms with Crippen LogP contribution in [0.1, 0.15) is 46.0 Å². The summed E-state index contributed by atoms with van der Waals surface area (Å²) >= 11 is 0. The summed E-state index contributed by atoms with van der Waals surface area (Å²) in [6.07, 6.45) is 3.04. The molecule has 0 aliphatic heterocycles. The zero-order chi connectivity index (χ0) is 12.5. The lowest BCUT2D eigenvalue weighted by Crippen LogP contribution is -2.15. The molecule has 0 aromatic heterocycles. The number of aryl methyl sites for hydroxylation is 1.